The Hall–Kier alpha value is -1.33. The highest BCUT2D eigenvalue weighted by molar-refractivity contribution is 5.86. The molecule has 1 aliphatic heterocycles. The highest BCUT2D eigenvalue weighted by Crippen LogP contribution is 2.26. The van der Waals surface area contributed by atoms with Gasteiger partial charge in [0.15, 0.2) is 0 Å². The van der Waals surface area contributed by atoms with Gasteiger partial charge in [0.05, 0.1) is 12.9 Å². The van der Waals surface area contributed by atoms with Gasteiger partial charge in [0.1, 0.15) is 0 Å². The second kappa shape index (κ2) is 4.89. The van der Waals surface area contributed by atoms with Gasteiger partial charge in [0.25, 0.3) is 0 Å². The highest BCUT2D eigenvalue weighted by atomic mass is 16.4. The van der Waals surface area contributed by atoms with Crippen LogP contribution in [0.15, 0.2) is 16.7 Å². The summed E-state index contributed by atoms with van der Waals surface area (Å²) in [5.74, 6) is -0.598. The van der Waals surface area contributed by atoms with E-state index in [1.165, 1.54) is 6.26 Å². The number of aromatic carboxylic acids is 1. The number of nitrogens with zero attached hydrogens (tertiary/aromatic N) is 1. The summed E-state index contributed by atoms with van der Waals surface area (Å²) < 4.78 is 4.94. The van der Waals surface area contributed by atoms with Gasteiger partial charge in [-0.1, -0.05) is 6.92 Å². The van der Waals surface area contributed by atoms with Crippen LogP contribution in [0.4, 0.5) is 0 Å². The van der Waals surface area contributed by atoms with Gasteiger partial charge in [-0.05, 0) is 24.9 Å². The molecule has 1 aromatic heterocycles. The average molecular weight is 239 g/mol. The fraction of sp³-hybridized carbons (Fsp3) is 0.583. The van der Waals surface area contributed by atoms with E-state index in [9.17, 15) is 9.90 Å². The lowest BCUT2D eigenvalue weighted by Gasteiger charge is -2.24. The maximum absolute atomic E-state index is 10.9. The third-order valence-electron chi connectivity index (χ3n) is 3.50. The molecule has 94 valence electrons. The second-order valence-electron chi connectivity index (χ2n) is 4.57. The van der Waals surface area contributed by atoms with Gasteiger partial charge in [-0.2, -0.15) is 0 Å². The Morgan fingerprint density at radius 2 is 2.41 bits per heavy atom. The normalized spacial score (nSPS) is 25.3. The van der Waals surface area contributed by atoms with Crippen molar-refractivity contribution in [1.82, 2.24) is 4.90 Å². The summed E-state index contributed by atoms with van der Waals surface area (Å²) in [6, 6.07) is 1.80. The zero-order chi connectivity index (χ0) is 12.4. The van der Waals surface area contributed by atoms with Crippen LogP contribution in [0.3, 0.4) is 0 Å². The smallest absolute Gasteiger partial charge is 0.372 e. The molecule has 0 amide bonds. The monoisotopic (exact) mass is 239 g/mol. The molecule has 17 heavy (non-hydrogen) atoms. The zero-order valence-corrected chi connectivity index (χ0v) is 9.80. The number of aliphatic hydroxyl groups excluding tert-OH is 1. The predicted octanol–water partition coefficient (Wildman–Crippen LogP) is 1.18. The van der Waals surface area contributed by atoms with Crippen molar-refractivity contribution in [2.45, 2.75) is 25.9 Å². The van der Waals surface area contributed by atoms with Gasteiger partial charge in [0, 0.05) is 18.2 Å². The van der Waals surface area contributed by atoms with Crippen LogP contribution in [0.25, 0.3) is 0 Å². The minimum absolute atomic E-state index is 0.00115. The molecule has 0 radical (unpaired) electrons. The Balaban J connectivity index is 2.10. The van der Waals surface area contributed by atoms with Gasteiger partial charge in [-0.3, -0.25) is 4.90 Å². The van der Waals surface area contributed by atoms with Gasteiger partial charge in [0.2, 0.25) is 5.76 Å². The van der Waals surface area contributed by atoms with E-state index >= 15 is 0 Å². The topological polar surface area (TPSA) is 73.9 Å². The fourth-order valence-corrected chi connectivity index (χ4v) is 2.45. The molecular formula is C12H17NO4. The predicted molar refractivity (Wildman–Crippen MR) is 60.7 cm³/mol. The first-order valence-corrected chi connectivity index (χ1v) is 5.78. The van der Waals surface area contributed by atoms with E-state index in [4.69, 9.17) is 9.52 Å². The van der Waals surface area contributed by atoms with E-state index < -0.39 is 5.97 Å². The third-order valence-corrected chi connectivity index (χ3v) is 3.50. The molecule has 0 bridgehead atoms. The molecule has 5 heteroatoms. The molecular weight excluding hydrogens is 222 g/mol. The van der Waals surface area contributed by atoms with Gasteiger partial charge in [-0.25, -0.2) is 4.79 Å². The SMILES string of the molecule is CC1CCN(Cc2ccoc2C(=O)O)C1CO. The Morgan fingerprint density at radius 1 is 1.65 bits per heavy atom. The first-order chi connectivity index (χ1) is 8.13. The minimum Gasteiger partial charge on any atom is -0.475 e. The number of carbonyl (C=O) groups is 1. The first kappa shape index (κ1) is 12.1. The van der Waals surface area contributed by atoms with Crippen molar-refractivity contribution in [3.05, 3.63) is 23.7 Å². The summed E-state index contributed by atoms with van der Waals surface area (Å²) in [5.41, 5.74) is 0.671. The Bertz CT molecular complexity index is 401. The molecule has 2 N–H and O–H groups in total. The van der Waals surface area contributed by atoms with E-state index in [-0.39, 0.29) is 18.4 Å². The van der Waals surface area contributed by atoms with Crippen molar-refractivity contribution in [2.75, 3.05) is 13.2 Å². The molecule has 1 saturated heterocycles. The Labute approximate surface area is 99.6 Å². The molecule has 2 heterocycles. The van der Waals surface area contributed by atoms with Crippen LogP contribution in [0.2, 0.25) is 0 Å². The first-order valence-electron chi connectivity index (χ1n) is 5.78. The zero-order valence-electron chi connectivity index (χ0n) is 9.80. The van der Waals surface area contributed by atoms with Gasteiger partial charge >= 0.3 is 5.97 Å². The summed E-state index contributed by atoms with van der Waals surface area (Å²) >= 11 is 0. The van der Waals surface area contributed by atoms with Crippen molar-refractivity contribution in [3.8, 4) is 0 Å². The molecule has 0 saturated carbocycles. The molecule has 0 aliphatic carbocycles. The molecule has 2 unspecified atom stereocenters. The van der Waals surface area contributed by atoms with Crippen LogP contribution >= 0.6 is 0 Å². The van der Waals surface area contributed by atoms with E-state index in [0.29, 0.717) is 18.0 Å². The number of furan rings is 1. The van der Waals surface area contributed by atoms with Crippen molar-refractivity contribution in [1.29, 1.82) is 0 Å². The Morgan fingerprint density at radius 3 is 3.06 bits per heavy atom. The number of hydrogen-bond donors (Lipinski definition) is 2. The van der Waals surface area contributed by atoms with Crippen molar-refractivity contribution in [3.63, 3.8) is 0 Å². The molecule has 5 nitrogen and oxygen atoms in total. The molecule has 0 aromatic carbocycles. The summed E-state index contributed by atoms with van der Waals surface area (Å²) in [6.07, 6.45) is 2.43. The van der Waals surface area contributed by atoms with E-state index in [2.05, 4.69) is 11.8 Å². The second-order valence-corrected chi connectivity index (χ2v) is 4.57. The maximum atomic E-state index is 10.9. The van der Waals surface area contributed by atoms with Crippen LogP contribution in [-0.4, -0.2) is 40.3 Å². The summed E-state index contributed by atoms with van der Waals surface area (Å²) in [7, 11) is 0. The minimum atomic E-state index is -1.04. The van der Waals surface area contributed by atoms with Crippen molar-refractivity contribution < 1.29 is 19.4 Å². The number of rotatable bonds is 4. The van der Waals surface area contributed by atoms with Gasteiger partial charge < -0.3 is 14.6 Å². The van der Waals surface area contributed by atoms with Crippen LogP contribution < -0.4 is 0 Å². The van der Waals surface area contributed by atoms with Crippen LogP contribution in [0.1, 0.15) is 29.5 Å². The molecule has 2 rings (SSSR count). The number of aliphatic hydroxyl groups is 1. The summed E-state index contributed by atoms with van der Waals surface area (Å²) in [5, 5.41) is 18.3. The molecule has 0 spiro atoms. The van der Waals surface area contributed by atoms with E-state index in [0.717, 1.165) is 13.0 Å². The summed E-state index contributed by atoms with van der Waals surface area (Å²) in [4.78, 5) is 13.0. The fourth-order valence-electron chi connectivity index (χ4n) is 2.45. The number of hydrogen-bond acceptors (Lipinski definition) is 4. The number of carboxylic acids is 1. The average Bonchev–Trinajstić information content (AvgIpc) is 2.86. The lowest BCUT2D eigenvalue weighted by atomic mass is 10.0. The highest BCUT2D eigenvalue weighted by Gasteiger charge is 2.31. The maximum Gasteiger partial charge on any atom is 0.372 e. The third kappa shape index (κ3) is 2.35. The van der Waals surface area contributed by atoms with Crippen LogP contribution in [0.5, 0.6) is 0 Å². The van der Waals surface area contributed by atoms with Crippen LogP contribution in [0, 0.1) is 5.92 Å². The van der Waals surface area contributed by atoms with Crippen molar-refractivity contribution >= 4 is 5.97 Å². The van der Waals surface area contributed by atoms with Crippen molar-refractivity contribution in [2.24, 2.45) is 5.92 Å². The Kier molecular flexibility index (Phi) is 3.49. The molecule has 2 atom stereocenters. The standard InChI is InChI=1S/C12H17NO4/c1-8-2-4-13(10(8)7-14)6-9-3-5-17-11(9)12(15)16/h3,5,8,10,14H,2,4,6-7H2,1H3,(H,15,16). The number of likely N-dealkylation sites (tertiary alicyclic amines) is 1. The summed E-state index contributed by atoms with van der Waals surface area (Å²) in [6.45, 7) is 3.63. The van der Waals surface area contributed by atoms with Crippen LogP contribution in [-0.2, 0) is 6.54 Å². The van der Waals surface area contributed by atoms with Gasteiger partial charge in [-0.15, -0.1) is 0 Å². The van der Waals surface area contributed by atoms with E-state index in [1.807, 2.05) is 0 Å². The molecule has 1 fully saturated rings. The lowest BCUT2D eigenvalue weighted by molar-refractivity contribution is 0.0657. The number of carboxylic acid groups (broad SMARTS) is 1. The molecule has 1 aliphatic rings. The largest absolute Gasteiger partial charge is 0.475 e. The van der Waals surface area contributed by atoms with E-state index in [1.54, 1.807) is 6.07 Å². The lowest BCUT2D eigenvalue weighted by Crippen LogP contribution is -2.34. The molecule has 1 aromatic rings. The quantitative estimate of drug-likeness (QED) is 0.825.